The molecule has 3 nitrogen and oxygen atoms in total. The molecule has 1 atom stereocenters. The van der Waals surface area contributed by atoms with Crippen LogP contribution in [0.3, 0.4) is 0 Å². The van der Waals surface area contributed by atoms with Gasteiger partial charge >= 0.3 is 0 Å². The van der Waals surface area contributed by atoms with Gasteiger partial charge in [-0.15, -0.1) is 0 Å². The van der Waals surface area contributed by atoms with Crippen LogP contribution in [0.5, 0.6) is 0 Å². The van der Waals surface area contributed by atoms with Crippen molar-refractivity contribution in [3.63, 3.8) is 0 Å². The summed E-state index contributed by atoms with van der Waals surface area (Å²) in [6.07, 6.45) is 5.03. The molecule has 0 spiro atoms. The van der Waals surface area contributed by atoms with Crippen molar-refractivity contribution in [2.45, 2.75) is 32.9 Å². The van der Waals surface area contributed by atoms with Gasteiger partial charge in [0.05, 0.1) is 6.20 Å². The maximum Gasteiger partial charge on any atom is 0.0537 e. The van der Waals surface area contributed by atoms with Gasteiger partial charge in [0.1, 0.15) is 0 Å². The van der Waals surface area contributed by atoms with E-state index in [4.69, 9.17) is 11.6 Å². The van der Waals surface area contributed by atoms with Crippen LogP contribution in [0.25, 0.3) is 0 Å². The number of rotatable bonds is 6. The number of halogens is 1. The number of benzene rings is 1. The molecular weight excluding hydrogens is 258 g/mol. The van der Waals surface area contributed by atoms with Crippen molar-refractivity contribution in [1.29, 1.82) is 0 Å². The molecule has 2 rings (SSSR count). The van der Waals surface area contributed by atoms with Gasteiger partial charge in [-0.25, -0.2) is 0 Å². The molecule has 0 aliphatic heterocycles. The highest BCUT2D eigenvalue weighted by molar-refractivity contribution is 6.30. The highest BCUT2D eigenvalue weighted by atomic mass is 35.5. The molecule has 0 aliphatic carbocycles. The van der Waals surface area contributed by atoms with E-state index in [2.05, 4.69) is 42.6 Å². The molecule has 1 heterocycles. The molecule has 19 heavy (non-hydrogen) atoms. The molecule has 1 aromatic heterocycles. The zero-order valence-electron chi connectivity index (χ0n) is 11.4. The second-order valence-corrected chi connectivity index (χ2v) is 5.12. The van der Waals surface area contributed by atoms with Crippen LogP contribution >= 0.6 is 11.6 Å². The molecule has 0 saturated carbocycles. The third kappa shape index (κ3) is 4.08. The molecule has 0 bridgehead atoms. The van der Waals surface area contributed by atoms with Crippen LogP contribution in [0.4, 0.5) is 0 Å². The Labute approximate surface area is 119 Å². The maximum absolute atomic E-state index is 5.87. The summed E-state index contributed by atoms with van der Waals surface area (Å²) in [5.74, 6) is 0. The molecule has 1 N–H and O–H groups in total. The molecule has 102 valence electrons. The highest BCUT2D eigenvalue weighted by Crippen LogP contribution is 2.12. The van der Waals surface area contributed by atoms with Gasteiger partial charge in [-0.3, -0.25) is 4.68 Å². The minimum Gasteiger partial charge on any atom is -0.310 e. The lowest BCUT2D eigenvalue weighted by molar-refractivity contribution is 0.575. The summed E-state index contributed by atoms with van der Waals surface area (Å²) in [4.78, 5) is 0. The van der Waals surface area contributed by atoms with Crippen molar-refractivity contribution < 1.29 is 0 Å². The molecule has 1 aromatic carbocycles. The van der Waals surface area contributed by atoms with Crippen LogP contribution in [0.1, 0.15) is 31.0 Å². The zero-order valence-corrected chi connectivity index (χ0v) is 12.2. The van der Waals surface area contributed by atoms with Gasteiger partial charge < -0.3 is 5.32 Å². The summed E-state index contributed by atoms with van der Waals surface area (Å²) in [6.45, 7) is 6.12. The average Bonchev–Trinajstić information content (AvgIpc) is 2.90. The second-order valence-electron chi connectivity index (χ2n) is 4.68. The first kappa shape index (κ1) is 14.1. The van der Waals surface area contributed by atoms with Crippen LogP contribution in [0, 0.1) is 0 Å². The van der Waals surface area contributed by atoms with E-state index in [0.717, 1.165) is 24.5 Å². The number of aromatic nitrogens is 2. The normalized spacial score (nSPS) is 12.6. The minimum atomic E-state index is 0.326. The van der Waals surface area contributed by atoms with E-state index in [0.29, 0.717) is 6.04 Å². The van der Waals surface area contributed by atoms with E-state index in [1.165, 1.54) is 11.1 Å². The summed E-state index contributed by atoms with van der Waals surface area (Å²) >= 11 is 5.87. The second kappa shape index (κ2) is 6.73. The monoisotopic (exact) mass is 277 g/mol. The molecule has 4 heteroatoms. The fourth-order valence-electron chi connectivity index (χ4n) is 1.98. The Bertz CT molecular complexity index is 504. The van der Waals surface area contributed by atoms with Crippen molar-refractivity contribution in [3.05, 3.63) is 52.8 Å². The summed E-state index contributed by atoms with van der Waals surface area (Å²) in [5.41, 5.74) is 2.53. The van der Waals surface area contributed by atoms with E-state index in [9.17, 15) is 0 Å². The molecule has 1 unspecified atom stereocenters. The first-order chi connectivity index (χ1) is 9.19. The number of aryl methyl sites for hydroxylation is 1. The number of hydrogen-bond acceptors (Lipinski definition) is 2. The van der Waals surface area contributed by atoms with E-state index in [1.54, 1.807) is 0 Å². The first-order valence-corrected chi connectivity index (χ1v) is 7.07. The standard InChI is InChI=1S/C15H20ClN3/c1-3-19-11-14(10-18-19)12(2)17-9-8-13-4-6-15(16)7-5-13/h4-7,10-12,17H,3,8-9H2,1-2H3. The quantitative estimate of drug-likeness (QED) is 0.876. The minimum absolute atomic E-state index is 0.326. The van der Waals surface area contributed by atoms with Gasteiger partial charge in [-0.05, 0) is 44.5 Å². The molecule has 0 fully saturated rings. The summed E-state index contributed by atoms with van der Waals surface area (Å²) in [6, 6.07) is 8.35. The predicted molar refractivity (Wildman–Crippen MR) is 79.5 cm³/mol. The average molecular weight is 278 g/mol. The molecule has 0 radical (unpaired) electrons. The van der Waals surface area contributed by atoms with Gasteiger partial charge in [-0.1, -0.05) is 23.7 Å². The predicted octanol–water partition coefficient (Wildman–Crippen LogP) is 3.45. The van der Waals surface area contributed by atoms with Crippen molar-refractivity contribution in [2.24, 2.45) is 0 Å². The molecule has 0 amide bonds. The Kier molecular flexibility index (Phi) is 5.00. The van der Waals surface area contributed by atoms with Gasteiger partial charge in [0.15, 0.2) is 0 Å². The summed E-state index contributed by atoms with van der Waals surface area (Å²) in [5, 5.41) is 8.60. The Hall–Kier alpha value is -1.32. The van der Waals surface area contributed by atoms with Gasteiger partial charge in [0.25, 0.3) is 0 Å². The van der Waals surface area contributed by atoms with Crippen molar-refractivity contribution in [3.8, 4) is 0 Å². The van der Waals surface area contributed by atoms with Crippen molar-refractivity contribution in [2.75, 3.05) is 6.54 Å². The topological polar surface area (TPSA) is 29.9 Å². The van der Waals surface area contributed by atoms with E-state index >= 15 is 0 Å². The van der Waals surface area contributed by atoms with Crippen molar-refractivity contribution >= 4 is 11.6 Å². The Morgan fingerprint density at radius 1 is 1.32 bits per heavy atom. The van der Waals surface area contributed by atoms with Crippen LogP contribution in [0.2, 0.25) is 5.02 Å². The van der Waals surface area contributed by atoms with Crippen LogP contribution in [0.15, 0.2) is 36.7 Å². The van der Waals surface area contributed by atoms with Gasteiger partial charge in [-0.2, -0.15) is 5.10 Å². The molecule has 2 aromatic rings. The maximum atomic E-state index is 5.87. The van der Waals surface area contributed by atoms with E-state index < -0.39 is 0 Å². The SMILES string of the molecule is CCn1cc(C(C)NCCc2ccc(Cl)cc2)cn1. The van der Waals surface area contributed by atoms with E-state index in [1.807, 2.05) is 23.0 Å². The third-order valence-electron chi connectivity index (χ3n) is 3.25. The zero-order chi connectivity index (χ0) is 13.7. The van der Waals surface area contributed by atoms with Crippen LogP contribution in [-0.4, -0.2) is 16.3 Å². The number of nitrogens with one attached hydrogen (secondary N) is 1. The van der Waals surface area contributed by atoms with Gasteiger partial charge in [0, 0.05) is 29.4 Å². The lowest BCUT2D eigenvalue weighted by Crippen LogP contribution is -2.21. The van der Waals surface area contributed by atoms with Crippen LogP contribution < -0.4 is 5.32 Å². The van der Waals surface area contributed by atoms with Crippen LogP contribution in [-0.2, 0) is 13.0 Å². The Balaban J connectivity index is 1.80. The first-order valence-electron chi connectivity index (χ1n) is 6.69. The molecular formula is C15H20ClN3. The third-order valence-corrected chi connectivity index (χ3v) is 3.51. The van der Waals surface area contributed by atoms with Crippen molar-refractivity contribution in [1.82, 2.24) is 15.1 Å². The fraction of sp³-hybridized carbons (Fsp3) is 0.400. The molecule has 0 aliphatic rings. The highest BCUT2D eigenvalue weighted by Gasteiger charge is 2.06. The Morgan fingerprint density at radius 3 is 2.68 bits per heavy atom. The number of hydrogen-bond donors (Lipinski definition) is 1. The van der Waals surface area contributed by atoms with Gasteiger partial charge in [0.2, 0.25) is 0 Å². The largest absolute Gasteiger partial charge is 0.310 e. The summed E-state index contributed by atoms with van der Waals surface area (Å²) in [7, 11) is 0. The summed E-state index contributed by atoms with van der Waals surface area (Å²) < 4.78 is 1.95. The number of nitrogens with zero attached hydrogens (tertiary/aromatic N) is 2. The fourth-order valence-corrected chi connectivity index (χ4v) is 2.10. The Morgan fingerprint density at radius 2 is 2.05 bits per heavy atom. The molecule has 0 saturated heterocycles. The van der Waals surface area contributed by atoms with E-state index in [-0.39, 0.29) is 0 Å². The smallest absolute Gasteiger partial charge is 0.0537 e. The lowest BCUT2D eigenvalue weighted by Gasteiger charge is -2.11. The lowest BCUT2D eigenvalue weighted by atomic mass is 10.1.